The Kier molecular flexibility index (Phi) is 3.48. The minimum Gasteiger partial charge on any atom is -0.323 e. The van der Waals surface area contributed by atoms with E-state index in [-0.39, 0.29) is 0 Å². The molecule has 1 rings (SSSR count). The number of rotatable bonds is 3. The predicted molar refractivity (Wildman–Crippen MR) is 56.4 cm³/mol. The first-order chi connectivity index (χ1) is 6.50. The van der Waals surface area contributed by atoms with Crippen molar-refractivity contribution in [3.63, 3.8) is 0 Å². The summed E-state index contributed by atoms with van der Waals surface area (Å²) >= 11 is 5.67. The van der Waals surface area contributed by atoms with Crippen molar-refractivity contribution in [3.05, 3.63) is 29.3 Å². The van der Waals surface area contributed by atoms with Crippen molar-refractivity contribution in [2.24, 2.45) is 0 Å². The summed E-state index contributed by atoms with van der Waals surface area (Å²) in [7, 11) is -2.08. The summed E-state index contributed by atoms with van der Waals surface area (Å²) in [5.74, 6) is 0. The Hall–Kier alpha value is -0.630. The lowest BCUT2D eigenvalue weighted by molar-refractivity contribution is -0.110. The maximum atomic E-state index is 12.0. The first-order valence-corrected chi connectivity index (χ1v) is 5.94. The molecule has 76 valence electrons. The molecule has 1 aromatic carbocycles. The summed E-state index contributed by atoms with van der Waals surface area (Å²) < 4.78 is 16.8. The van der Waals surface area contributed by atoms with E-state index >= 15 is 0 Å². The Morgan fingerprint density at radius 3 is 2.21 bits per heavy atom. The summed E-state index contributed by atoms with van der Waals surface area (Å²) in [5.41, 5.74) is -0.470. The van der Waals surface area contributed by atoms with Gasteiger partial charge in [-0.15, -0.1) is 0 Å². The smallest absolute Gasteiger partial charge is 0.295 e. The van der Waals surface area contributed by atoms with Crippen LogP contribution in [0, 0.1) is 0 Å². The third kappa shape index (κ3) is 2.06. The van der Waals surface area contributed by atoms with Gasteiger partial charge in [-0.3, -0.25) is 9.36 Å². The maximum Gasteiger partial charge on any atom is 0.295 e. The summed E-state index contributed by atoms with van der Waals surface area (Å²) in [6.07, 6.45) is 0. The molecule has 1 aromatic rings. The monoisotopic (exact) mass is 232 g/mol. The molecular formula is C9H10ClO3P. The van der Waals surface area contributed by atoms with E-state index in [9.17, 15) is 9.36 Å². The zero-order chi connectivity index (χ0) is 10.8. The standard InChI is InChI=1S/C9H10ClO3P/c1-7(11)14(12,13-2)9-5-3-8(10)4-6-9/h3-6H,1-2H3. The second-order valence-electron chi connectivity index (χ2n) is 2.73. The quantitative estimate of drug-likeness (QED) is 0.752. The summed E-state index contributed by atoms with van der Waals surface area (Å²) in [6.45, 7) is 1.25. The molecule has 0 spiro atoms. The molecule has 0 saturated carbocycles. The molecule has 14 heavy (non-hydrogen) atoms. The molecule has 3 nitrogen and oxygen atoms in total. The van der Waals surface area contributed by atoms with E-state index < -0.39 is 12.9 Å². The van der Waals surface area contributed by atoms with Gasteiger partial charge in [-0.2, -0.15) is 0 Å². The highest BCUT2D eigenvalue weighted by atomic mass is 35.5. The predicted octanol–water partition coefficient (Wildman–Crippen LogP) is 2.44. The zero-order valence-corrected chi connectivity index (χ0v) is 9.51. The lowest BCUT2D eigenvalue weighted by atomic mass is 10.4. The van der Waals surface area contributed by atoms with Gasteiger partial charge in [0.1, 0.15) is 0 Å². The number of benzene rings is 1. The molecule has 0 amide bonds. The van der Waals surface area contributed by atoms with Crippen LogP contribution in [0.5, 0.6) is 0 Å². The van der Waals surface area contributed by atoms with Crippen LogP contribution in [0.2, 0.25) is 5.02 Å². The number of hydrogen-bond acceptors (Lipinski definition) is 3. The Morgan fingerprint density at radius 2 is 1.86 bits per heavy atom. The van der Waals surface area contributed by atoms with Crippen molar-refractivity contribution in [2.75, 3.05) is 7.11 Å². The summed E-state index contributed by atoms with van der Waals surface area (Å²) in [4.78, 5) is 11.2. The van der Waals surface area contributed by atoms with Crippen LogP contribution in [-0.4, -0.2) is 12.6 Å². The maximum absolute atomic E-state index is 12.0. The molecule has 1 atom stereocenters. The molecule has 0 saturated heterocycles. The highest BCUT2D eigenvalue weighted by Crippen LogP contribution is 2.45. The number of hydrogen-bond donors (Lipinski definition) is 0. The average molecular weight is 233 g/mol. The lowest BCUT2D eigenvalue weighted by Gasteiger charge is -2.12. The number of carbonyl (C=O) groups excluding carboxylic acids is 1. The number of halogens is 1. The van der Waals surface area contributed by atoms with E-state index in [4.69, 9.17) is 16.1 Å². The molecule has 0 aliphatic carbocycles. The first kappa shape index (κ1) is 11.4. The lowest BCUT2D eigenvalue weighted by Crippen LogP contribution is -2.11. The molecule has 0 bridgehead atoms. The molecule has 0 radical (unpaired) electrons. The Morgan fingerprint density at radius 1 is 1.36 bits per heavy atom. The number of carbonyl (C=O) groups is 1. The summed E-state index contributed by atoms with van der Waals surface area (Å²) in [6, 6.07) is 6.22. The van der Waals surface area contributed by atoms with Gasteiger partial charge in [-0.05, 0) is 24.3 Å². The van der Waals surface area contributed by atoms with Crippen molar-refractivity contribution >= 4 is 29.8 Å². The van der Waals surface area contributed by atoms with E-state index in [1.54, 1.807) is 12.1 Å². The molecule has 0 aliphatic rings. The first-order valence-electron chi connectivity index (χ1n) is 3.94. The van der Waals surface area contributed by atoms with E-state index in [0.717, 1.165) is 0 Å². The van der Waals surface area contributed by atoms with Gasteiger partial charge in [-0.25, -0.2) is 0 Å². The van der Waals surface area contributed by atoms with Gasteiger partial charge in [0.05, 0.1) is 0 Å². The fourth-order valence-corrected chi connectivity index (χ4v) is 2.55. The van der Waals surface area contributed by atoms with Crippen LogP contribution in [0.25, 0.3) is 0 Å². The molecule has 0 N–H and O–H groups in total. The third-order valence-electron chi connectivity index (χ3n) is 1.84. The largest absolute Gasteiger partial charge is 0.323 e. The van der Waals surface area contributed by atoms with E-state index in [0.29, 0.717) is 10.3 Å². The molecule has 0 heterocycles. The van der Waals surface area contributed by atoms with Crippen LogP contribution >= 0.6 is 19.0 Å². The minimum atomic E-state index is -3.34. The van der Waals surface area contributed by atoms with Crippen LogP contribution in [0.3, 0.4) is 0 Å². The second kappa shape index (κ2) is 4.26. The minimum absolute atomic E-state index is 0.372. The van der Waals surface area contributed by atoms with Crippen molar-refractivity contribution in [1.29, 1.82) is 0 Å². The van der Waals surface area contributed by atoms with Crippen LogP contribution in [0.15, 0.2) is 24.3 Å². The topological polar surface area (TPSA) is 43.4 Å². The highest BCUT2D eigenvalue weighted by molar-refractivity contribution is 7.82. The fourth-order valence-electron chi connectivity index (χ4n) is 1.05. The van der Waals surface area contributed by atoms with E-state index in [2.05, 4.69) is 0 Å². The Labute approximate surface area is 87.5 Å². The molecule has 5 heteroatoms. The molecule has 1 unspecified atom stereocenters. The van der Waals surface area contributed by atoms with E-state index in [1.807, 2.05) is 0 Å². The normalized spacial score (nSPS) is 14.8. The van der Waals surface area contributed by atoms with Gasteiger partial charge in [0.2, 0.25) is 5.52 Å². The van der Waals surface area contributed by atoms with Crippen molar-refractivity contribution in [3.8, 4) is 0 Å². The molecule has 0 fully saturated rings. The van der Waals surface area contributed by atoms with Crippen molar-refractivity contribution in [2.45, 2.75) is 6.92 Å². The van der Waals surface area contributed by atoms with Gasteiger partial charge >= 0.3 is 0 Å². The van der Waals surface area contributed by atoms with Crippen molar-refractivity contribution in [1.82, 2.24) is 0 Å². The van der Waals surface area contributed by atoms with Gasteiger partial charge in [0.15, 0.2) is 0 Å². The Bertz CT molecular complexity index is 386. The fraction of sp³-hybridized carbons (Fsp3) is 0.222. The van der Waals surface area contributed by atoms with Crippen LogP contribution in [0.4, 0.5) is 0 Å². The SMILES string of the molecule is COP(=O)(C(C)=O)c1ccc(Cl)cc1. The summed E-state index contributed by atoms with van der Waals surface area (Å²) in [5, 5.41) is 0.900. The van der Waals surface area contributed by atoms with Gasteiger partial charge in [0.25, 0.3) is 7.37 Å². The molecule has 0 aromatic heterocycles. The average Bonchev–Trinajstić information content (AvgIpc) is 2.17. The second-order valence-corrected chi connectivity index (χ2v) is 5.78. The molecular weight excluding hydrogens is 223 g/mol. The van der Waals surface area contributed by atoms with Gasteiger partial charge < -0.3 is 4.52 Å². The van der Waals surface area contributed by atoms with E-state index in [1.165, 1.54) is 26.2 Å². The highest BCUT2D eigenvalue weighted by Gasteiger charge is 2.30. The molecule has 0 aliphatic heterocycles. The van der Waals surface area contributed by atoms with Gasteiger partial charge in [0, 0.05) is 24.4 Å². The third-order valence-corrected chi connectivity index (χ3v) is 4.41. The van der Waals surface area contributed by atoms with Crippen LogP contribution in [-0.2, 0) is 13.9 Å². The van der Waals surface area contributed by atoms with Crippen molar-refractivity contribution < 1.29 is 13.9 Å². The van der Waals surface area contributed by atoms with Crippen LogP contribution < -0.4 is 5.30 Å². The Balaban J connectivity index is 3.20. The van der Waals surface area contributed by atoms with Gasteiger partial charge in [-0.1, -0.05) is 11.6 Å². The van der Waals surface area contributed by atoms with Crippen LogP contribution in [0.1, 0.15) is 6.92 Å². The zero-order valence-electron chi connectivity index (χ0n) is 7.86.